The first-order valence-electron chi connectivity index (χ1n) is 8.36. The second kappa shape index (κ2) is 9.16. The molecule has 0 spiro atoms. The Bertz CT molecular complexity index is 751. The van der Waals surface area contributed by atoms with Gasteiger partial charge < -0.3 is 14.7 Å². The molecule has 2 aromatic rings. The molecular formula is C18H20N2O4S2. The number of amides is 1. The number of likely N-dealkylation sites (tertiary alicyclic amines) is 1. The molecular weight excluding hydrogens is 372 g/mol. The lowest BCUT2D eigenvalue weighted by Crippen LogP contribution is -2.37. The molecule has 0 radical (unpaired) electrons. The van der Waals surface area contributed by atoms with Gasteiger partial charge in [-0.15, -0.1) is 11.3 Å². The zero-order chi connectivity index (χ0) is 18.4. The van der Waals surface area contributed by atoms with Crippen LogP contribution in [-0.2, 0) is 16.1 Å². The summed E-state index contributed by atoms with van der Waals surface area (Å²) in [7, 11) is 0. The van der Waals surface area contributed by atoms with Gasteiger partial charge in [0.2, 0.25) is 5.91 Å². The average molecular weight is 393 g/mol. The van der Waals surface area contributed by atoms with E-state index in [9.17, 15) is 9.59 Å². The smallest absolute Gasteiger partial charge is 0.355 e. The molecule has 1 aromatic heterocycles. The van der Waals surface area contributed by atoms with Crippen LogP contribution < -0.4 is 0 Å². The molecule has 8 heteroatoms. The molecule has 1 aromatic carbocycles. The highest BCUT2D eigenvalue weighted by Gasteiger charge is 2.30. The van der Waals surface area contributed by atoms with E-state index in [-0.39, 0.29) is 17.6 Å². The minimum absolute atomic E-state index is 0.0712. The Balaban J connectivity index is 1.44. The highest BCUT2D eigenvalue weighted by Crippen LogP contribution is 2.25. The van der Waals surface area contributed by atoms with Crippen molar-refractivity contribution in [3.63, 3.8) is 0 Å². The van der Waals surface area contributed by atoms with Gasteiger partial charge in [-0.05, 0) is 12.0 Å². The van der Waals surface area contributed by atoms with Gasteiger partial charge in [0.15, 0.2) is 10.0 Å². The fourth-order valence-corrected chi connectivity index (χ4v) is 4.62. The van der Waals surface area contributed by atoms with Crippen molar-refractivity contribution in [2.75, 3.05) is 18.9 Å². The van der Waals surface area contributed by atoms with Crippen molar-refractivity contribution in [3.8, 4) is 0 Å². The predicted molar refractivity (Wildman–Crippen MR) is 101 cm³/mol. The van der Waals surface area contributed by atoms with Gasteiger partial charge in [0.1, 0.15) is 0 Å². The van der Waals surface area contributed by atoms with Crippen LogP contribution in [0.3, 0.4) is 0 Å². The van der Waals surface area contributed by atoms with E-state index in [1.54, 1.807) is 0 Å². The molecule has 0 saturated carbocycles. The molecule has 1 aliphatic rings. The highest BCUT2D eigenvalue weighted by atomic mass is 32.2. The first kappa shape index (κ1) is 18.9. The summed E-state index contributed by atoms with van der Waals surface area (Å²) < 4.78 is 6.51. The number of aromatic nitrogens is 1. The number of thiazole rings is 1. The molecule has 6 nitrogen and oxygen atoms in total. The SMILES string of the molecule is O=C(O)c1csc(SCCN2C(=O)CCC2COCc2ccccc2)n1. The predicted octanol–water partition coefficient (Wildman–Crippen LogP) is 3.14. The Hall–Kier alpha value is -1.90. The van der Waals surface area contributed by atoms with E-state index >= 15 is 0 Å². The number of benzene rings is 1. The lowest BCUT2D eigenvalue weighted by Gasteiger charge is -2.24. The summed E-state index contributed by atoms with van der Waals surface area (Å²) >= 11 is 2.80. The minimum atomic E-state index is -1.02. The third kappa shape index (κ3) is 5.06. The largest absolute Gasteiger partial charge is 0.476 e. The maximum atomic E-state index is 12.1. The van der Waals surface area contributed by atoms with E-state index < -0.39 is 5.97 Å². The second-order valence-corrected chi connectivity index (χ2v) is 8.13. The lowest BCUT2D eigenvalue weighted by atomic mass is 10.2. The molecule has 26 heavy (non-hydrogen) atoms. The lowest BCUT2D eigenvalue weighted by molar-refractivity contribution is -0.129. The quantitative estimate of drug-likeness (QED) is 0.661. The first-order valence-corrected chi connectivity index (χ1v) is 10.2. The topological polar surface area (TPSA) is 79.7 Å². The summed E-state index contributed by atoms with van der Waals surface area (Å²) in [6.07, 6.45) is 1.38. The Kier molecular flexibility index (Phi) is 6.65. The van der Waals surface area contributed by atoms with Crippen molar-refractivity contribution in [3.05, 3.63) is 47.0 Å². The fraction of sp³-hybridized carbons (Fsp3) is 0.389. The van der Waals surface area contributed by atoms with E-state index in [0.29, 0.717) is 36.3 Å². The van der Waals surface area contributed by atoms with Crippen LogP contribution in [0.4, 0.5) is 0 Å². The average Bonchev–Trinajstić information content (AvgIpc) is 3.24. The fourth-order valence-electron chi connectivity index (χ4n) is 2.81. The number of nitrogens with zero attached hydrogens (tertiary/aromatic N) is 2. The number of rotatable bonds is 9. The number of hydrogen-bond donors (Lipinski definition) is 1. The Morgan fingerprint density at radius 1 is 1.38 bits per heavy atom. The van der Waals surface area contributed by atoms with Crippen LogP contribution in [0.5, 0.6) is 0 Å². The Morgan fingerprint density at radius 2 is 2.19 bits per heavy atom. The van der Waals surface area contributed by atoms with Gasteiger partial charge in [0.25, 0.3) is 0 Å². The molecule has 1 atom stereocenters. The number of carboxylic acids is 1. The minimum Gasteiger partial charge on any atom is -0.476 e. The van der Waals surface area contributed by atoms with Gasteiger partial charge in [-0.25, -0.2) is 9.78 Å². The summed E-state index contributed by atoms with van der Waals surface area (Å²) in [5.74, 6) is -0.171. The van der Waals surface area contributed by atoms with Gasteiger partial charge in [0, 0.05) is 24.1 Å². The number of carbonyl (C=O) groups excluding carboxylic acids is 1. The molecule has 1 saturated heterocycles. The third-order valence-electron chi connectivity index (χ3n) is 4.13. The molecule has 1 amide bonds. The molecule has 0 aliphatic carbocycles. The summed E-state index contributed by atoms with van der Waals surface area (Å²) in [5.41, 5.74) is 1.19. The summed E-state index contributed by atoms with van der Waals surface area (Å²) in [4.78, 5) is 28.9. The summed E-state index contributed by atoms with van der Waals surface area (Å²) in [5, 5.41) is 10.4. The summed E-state index contributed by atoms with van der Waals surface area (Å²) in [6, 6.07) is 10.1. The molecule has 1 aliphatic heterocycles. The molecule has 2 heterocycles. The van der Waals surface area contributed by atoms with Crippen molar-refractivity contribution in [2.24, 2.45) is 0 Å². The zero-order valence-electron chi connectivity index (χ0n) is 14.2. The molecule has 3 rings (SSSR count). The van der Waals surface area contributed by atoms with E-state index in [0.717, 1.165) is 12.0 Å². The van der Waals surface area contributed by atoms with Gasteiger partial charge in [-0.1, -0.05) is 42.1 Å². The van der Waals surface area contributed by atoms with Crippen molar-refractivity contribution < 1.29 is 19.4 Å². The number of carboxylic acid groups (broad SMARTS) is 1. The molecule has 0 bridgehead atoms. The van der Waals surface area contributed by atoms with Crippen molar-refractivity contribution in [1.29, 1.82) is 0 Å². The number of ether oxygens (including phenoxy) is 1. The van der Waals surface area contributed by atoms with E-state index in [4.69, 9.17) is 9.84 Å². The van der Waals surface area contributed by atoms with Crippen LogP contribution in [0.1, 0.15) is 28.9 Å². The van der Waals surface area contributed by atoms with Crippen molar-refractivity contribution in [1.82, 2.24) is 9.88 Å². The normalized spacial score (nSPS) is 17.0. The number of thioether (sulfide) groups is 1. The number of hydrogen-bond acceptors (Lipinski definition) is 6. The van der Waals surface area contributed by atoms with E-state index in [1.807, 2.05) is 35.2 Å². The van der Waals surface area contributed by atoms with Crippen LogP contribution in [-0.4, -0.2) is 51.8 Å². The molecule has 1 unspecified atom stereocenters. The van der Waals surface area contributed by atoms with Gasteiger partial charge in [-0.3, -0.25) is 4.79 Å². The number of aromatic carboxylic acids is 1. The maximum absolute atomic E-state index is 12.1. The standard InChI is InChI=1S/C18H20N2O4S2/c21-16-7-6-14(11-24-10-13-4-2-1-3-5-13)20(16)8-9-25-18-19-15(12-26-18)17(22)23/h1-5,12,14H,6-11H2,(H,22,23). The second-order valence-electron chi connectivity index (χ2n) is 5.93. The van der Waals surface area contributed by atoms with Crippen LogP contribution in [0.15, 0.2) is 40.1 Å². The van der Waals surface area contributed by atoms with E-state index in [2.05, 4.69) is 4.98 Å². The van der Waals surface area contributed by atoms with Crippen LogP contribution in [0.2, 0.25) is 0 Å². The van der Waals surface area contributed by atoms with Crippen LogP contribution >= 0.6 is 23.1 Å². The van der Waals surface area contributed by atoms with Gasteiger partial charge >= 0.3 is 5.97 Å². The summed E-state index contributed by atoms with van der Waals surface area (Å²) in [6.45, 7) is 1.70. The molecule has 1 N–H and O–H groups in total. The third-order valence-corrected chi connectivity index (χ3v) is 6.14. The van der Waals surface area contributed by atoms with Crippen LogP contribution in [0.25, 0.3) is 0 Å². The van der Waals surface area contributed by atoms with Crippen molar-refractivity contribution in [2.45, 2.75) is 29.8 Å². The van der Waals surface area contributed by atoms with E-state index in [1.165, 1.54) is 28.5 Å². The zero-order valence-corrected chi connectivity index (χ0v) is 15.8. The molecule has 138 valence electrons. The first-order chi connectivity index (χ1) is 12.6. The Labute approximate surface area is 160 Å². The monoisotopic (exact) mass is 392 g/mol. The van der Waals surface area contributed by atoms with Crippen molar-refractivity contribution >= 4 is 35.0 Å². The maximum Gasteiger partial charge on any atom is 0.355 e. The number of carbonyl (C=O) groups is 2. The van der Waals surface area contributed by atoms with Gasteiger partial charge in [0.05, 0.1) is 19.3 Å². The van der Waals surface area contributed by atoms with Gasteiger partial charge in [-0.2, -0.15) is 0 Å². The molecule has 1 fully saturated rings. The van der Waals surface area contributed by atoms with Crippen LogP contribution in [0, 0.1) is 0 Å². The Morgan fingerprint density at radius 3 is 2.92 bits per heavy atom. The highest BCUT2D eigenvalue weighted by molar-refractivity contribution is 8.01.